The predicted molar refractivity (Wildman–Crippen MR) is 454 cm³/mol. The van der Waals surface area contributed by atoms with Crippen LogP contribution in [-0.4, -0.2) is 270 Å². The molecule has 0 spiro atoms. The van der Waals surface area contributed by atoms with Gasteiger partial charge in [-0.05, 0) is 55.2 Å². The van der Waals surface area contributed by atoms with Crippen molar-refractivity contribution in [3.63, 3.8) is 0 Å². The number of hydrogen-bond donors (Lipinski definition) is 7. The monoisotopic (exact) mass is 1730 g/mol. The van der Waals surface area contributed by atoms with E-state index >= 15 is 0 Å². The lowest BCUT2D eigenvalue weighted by atomic mass is 9.92. The fourth-order valence-electron chi connectivity index (χ4n) is 11.4. The van der Waals surface area contributed by atoms with Gasteiger partial charge in [0.05, 0.1) is 196 Å². The molecular formula is C89H143N7O26. The van der Waals surface area contributed by atoms with Gasteiger partial charge in [-0.15, -0.1) is 0 Å². The zero-order valence-electron chi connectivity index (χ0n) is 72.3. The van der Waals surface area contributed by atoms with E-state index in [1.807, 2.05) is 91.0 Å². The molecule has 0 aliphatic rings. The lowest BCUT2D eigenvalue weighted by molar-refractivity contribution is -0.147. The highest BCUT2D eigenvalue weighted by Crippen LogP contribution is 2.22. The number of amides is 7. The van der Waals surface area contributed by atoms with Gasteiger partial charge >= 0.3 is 17.9 Å². The van der Waals surface area contributed by atoms with Crippen LogP contribution < -0.4 is 37.6 Å². The number of nitrogens with two attached hydrogens (primary N) is 1. The summed E-state index contributed by atoms with van der Waals surface area (Å²) in [7, 11) is 0. The first-order chi connectivity index (χ1) is 59.7. The highest BCUT2D eigenvalue weighted by molar-refractivity contribution is 5.78. The number of esters is 3. The Kier molecular flexibility index (Phi) is 69.8. The van der Waals surface area contributed by atoms with Crippen LogP contribution in [0.5, 0.6) is 0 Å². The minimum absolute atomic E-state index is 0.00642. The van der Waals surface area contributed by atoms with Crippen molar-refractivity contribution in [3.05, 3.63) is 108 Å². The molecular weight excluding hydrogens is 1580 g/mol. The van der Waals surface area contributed by atoms with Crippen molar-refractivity contribution < 1.29 is 124 Å². The zero-order chi connectivity index (χ0) is 87.6. The summed E-state index contributed by atoms with van der Waals surface area (Å²) in [6.45, 7) is 9.71. The summed E-state index contributed by atoms with van der Waals surface area (Å²) in [5, 5.41) is 17.5. The Morgan fingerprint density at radius 1 is 0.221 bits per heavy atom. The van der Waals surface area contributed by atoms with Gasteiger partial charge in [0.1, 0.15) is 19.8 Å². The van der Waals surface area contributed by atoms with Gasteiger partial charge in [-0.1, -0.05) is 149 Å². The molecule has 690 valence electrons. The van der Waals surface area contributed by atoms with Gasteiger partial charge < -0.3 is 113 Å². The Balaban J connectivity index is 1.28. The molecule has 33 nitrogen and oxygen atoms in total. The second-order valence-corrected chi connectivity index (χ2v) is 29.0. The van der Waals surface area contributed by atoms with Crippen molar-refractivity contribution in [2.45, 2.75) is 180 Å². The van der Waals surface area contributed by atoms with Crippen LogP contribution in [0.15, 0.2) is 91.0 Å². The van der Waals surface area contributed by atoms with Crippen LogP contribution in [0.3, 0.4) is 0 Å². The standard InChI is InChI=1S/C89H143N7O26/c90-79(97)34-47-116-72-89(73-117-48-35-83(101)91-41-22-7-1-4-19-31-80(98)94-44-54-110-60-66-113-63-57-107-51-38-86(104)120-69-76-25-13-10-14-26-76,74-118-49-36-84(102)92-42-23-8-2-5-20-32-81(99)95-45-55-111-61-67-114-64-58-108-52-39-87(105)121-70-77-27-15-11-16-28-77)75-119-50-37-85(103)93-43-24-9-3-6-21-33-82(100)96-46-56-112-62-68-115-65-59-109-53-40-88(106)122-71-78-29-17-12-18-30-78/h10-18,25-30H,1-9,19-24,31-75H2,(H2,90,97)(H,91,101)(H,92,102)(H,93,103)(H,94,98)(H,95,99)(H,96,100). The van der Waals surface area contributed by atoms with E-state index in [1.54, 1.807) is 0 Å². The first-order valence-corrected chi connectivity index (χ1v) is 43.7. The quantitative estimate of drug-likeness (QED) is 0.0165. The summed E-state index contributed by atoms with van der Waals surface area (Å²) >= 11 is 0. The van der Waals surface area contributed by atoms with E-state index in [9.17, 15) is 47.9 Å². The van der Waals surface area contributed by atoms with Crippen LogP contribution in [0.4, 0.5) is 0 Å². The summed E-state index contributed by atoms with van der Waals surface area (Å²) in [6, 6.07) is 28.4. The average molecular weight is 1730 g/mol. The molecule has 0 bridgehead atoms. The molecule has 122 heavy (non-hydrogen) atoms. The molecule has 33 heteroatoms. The minimum Gasteiger partial charge on any atom is -0.461 e. The molecule has 0 saturated heterocycles. The van der Waals surface area contributed by atoms with E-state index in [4.69, 9.17) is 81.5 Å². The van der Waals surface area contributed by atoms with E-state index in [0.717, 1.165) is 113 Å². The summed E-state index contributed by atoms with van der Waals surface area (Å²) in [5.74, 6) is -2.22. The molecule has 0 fully saturated rings. The molecule has 8 N–H and O–H groups in total. The predicted octanol–water partition coefficient (Wildman–Crippen LogP) is 7.35. The number of rotatable bonds is 86. The fourth-order valence-corrected chi connectivity index (χ4v) is 11.4. The normalized spacial score (nSPS) is 11.2. The molecule has 0 aliphatic heterocycles. The maximum absolute atomic E-state index is 13.0. The van der Waals surface area contributed by atoms with Gasteiger partial charge in [0.15, 0.2) is 0 Å². The molecule has 0 radical (unpaired) electrons. The van der Waals surface area contributed by atoms with Crippen LogP contribution in [0.25, 0.3) is 0 Å². The smallest absolute Gasteiger partial charge is 0.308 e. The number of carbonyl (C=O) groups excluding carboxylic acids is 10. The number of unbranched alkanes of at least 4 members (excludes halogenated alkanes) is 12. The number of benzene rings is 3. The highest BCUT2D eigenvalue weighted by Gasteiger charge is 2.33. The molecule has 3 aromatic rings. The summed E-state index contributed by atoms with van der Waals surface area (Å²) < 4.78 is 89.6. The number of nitrogens with one attached hydrogen (secondary N) is 6. The molecule has 3 aromatic carbocycles. The van der Waals surface area contributed by atoms with Crippen molar-refractivity contribution in [1.29, 1.82) is 0 Å². The molecule has 0 saturated carbocycles. The van der Waals surface area contributed by atoms with Crippen molar-refractivity contribution in [3.8, 4) is 0 Å². The van der Waals surface area contributed by atoms with E-state index < -0.39 is 11.3 Å². The SMILES string of the molecule is NC(=O)CCOCC(COCCC(=O)NCCCCCCCC(=O)NCCOCCOCCOCCC(=O)OCc1ccccc1)(COCCC(=O)NCCCCCCCC(=O)NCCOCCOCCOCCC(=O)OCc1ccccc1)COCCC(=O)NCCCCCCCC(=O)NCCOCCOCCOCCC(=O)OCc1ccccc1. The lowest BCUT2D eigenvalue weighted by Gasteiger charge is -2.33. The van der Waals surface area contributed by atoms with Gasteiger partial charge in [0.2, 0.25) is 41.4 Å². The number of carbonyl (C=O) groups is 10. The first kappa shape index (κ1) is 108. The highest BCUT2D eigenvalue weighted by atomic mass is 16.6. The molecule has 0 atom stereocenters. The Morgan fingerprint density at radius 3 is 0.705 bits per heavy atom. The van der Waals surface area contributed by atoms with Crippen LogP contribution in [0.1, 0.15) is 177 Å². The van der Waals surface area contributed by atoms with Crippen LogP contribution in [0, 0.1) is 5.41 Å². The molecule has 0 aliphatic carbocycles. The zero-order valence-corrected chi connectivity index (χ0v) is 72.3. The molecule has 0 unspecified atom stereocenters. The van der Waals surface area contributed by atoms with Gasteiger partial charge in [0.25, 0.3) is 0 Å². The molecule has 0 heterocycles. The third kappa shape index (κ3) is 69.3. The fraction of sp³-hybridized carbons (Fsp3) is 0.685. The maximum Gasteiger partial charge on any atom is 0.308 e. The first-order valence-electron chi connectivity index (χ1n) is 43.7. The molecule has 0 aromatic heterocycles. The van der Waals surface area contributed by atoms with E-state index in [1.165, 1.54) is 0 Å². The minimum atomic E-state index is -0.986. The van der Waals surface area contributed by atoms with Crippen LogP contribution in [-0.2, 0) is 144 Å². The number of ether oxygens (including phenoxy) is 16. The Hall–Kier alpha value is -8.16. The van der Waals surface area contributed by atoms with Gasteiger partial charge in [-0.25, -0.2) is 0 Å². The Labute approximate surface area is 722 Å². The van der Waals surface area contributed by atoms with Crippen molar-refractivity contribution in [2.24, 2.45) is 11.1 Å². The van der Waals surface area contributed by atoms with Crippen LogP contribution in [0.2, 0.25) is 0 Å². The number of primary amides is 1. The van der Waals surface area contributed by atoms with Gasteiger partial charge in [0, 0.05) is 84.2 Å². The molecule has 7 amide bonds. The third-order valence-electron chi connectivity index (χ3n) is 18.3. The van der Waals surface area contributed by atoms with Gasteiger partial charge in [-0.3, -0.25) is 47.9 Å². The van der Waals surface area contributed by atoms with Crippen LogP contribution >= 0.6 is 0 Å². The lowest BCUT2D eigenvalue weighted by Crippen LogP contribution is -2.43. The largest absolute Gasteiger partial charge is 0.461 e. The number of hydrogen-bond acceptors (Lipinski definition) is 26. The average Bonchev–Trinajstić information content (AvgIpc) is 0.864. The maximum atomic E-state index is 13.0. The Morgan fingerprint density at radius 2 is 0.434 bits per heavy atom. The van der Waals surface area contributed by atoms with Crippen molar-refractivity contribution >= 4 is 59.3 Å². The van der Waals surface area contributed by atoms with Gasteiger partial charge in [-0.2, -0.15) is 0 Å². The van der Waals surface area contributed by atoms with E-state index in [2.05, 4.69) is 31.9 Å². The topological polar surface area (TPSA) is 417 Å². The molecule has 3 rings (SSSR count). The van der Waals surface area contributed by atoms with E-state index in [-0.39, 0.29) is 191 Å². The summed E-state index contributed by atoms with van der Waals surface area (Å²) in [5.41, 5.74) is 7.23. The Bertz CT molecular complexity index is 2830. The summed E-state index contributed by atoms with van der Waals surface area (Å²) in [4.78, 5) is 123. The second kappa shape index (κ2) is 78.8. The van der Waals surface area contributed by atoms with Crippen molar-refractivity contribution in [2.75, 3.05) is 211 Å². The van der Waals surface area contributed by atoms with Crippen molar-refractivity contribution in [1.82, 2.24) is 31.9 Å². The third-order valence-corrected chi connectivity index (χ3v) is 18.3. The van der Waals surface area contributed by atoms with E-state index in [0.29, 0.717) is 158 Å². The summed E-state index contributed by atoms with van der Waals surface area (Å²) in [6.07, 6.45) is 14.3. The second-order valence-electron chi connectivity index (χ2n) is 29.0.